The molecule has 0 aromatic heterocycles. The van der Waals surface area contributed by atoms with Gasteiger partial charge in [-0.1, -0.05) is 25.1 Å². The molecular formula is C23H31FN2O5S. The second-order valence-corrected chi connectivity index (χ2v) is 10.4. The predicted octanol–water partition coefficient (Wildman–Crippen LogP) is 3.37. The van der Waals surface area contributed by atoms with Crippen molar-refractivity contribution in [2.75, 3.05) is 12.4 Å². The summed E-state index contributed by atoms with van der Waals surface area (Å²) in [5, 5.41) is 2.31. The van der Waals surface area contributed by atoms with Crippen LogP contribution in [0, 0.1) is 17.7 Å². The first-order chi connectivity index (χ1) is 15.3. The quantitative estimate of drug-likeness (QED) is 0.363. The third-order valence-electron chi connectivity index (χ3n) is 5.75. The van der Waals surface area contributed by atoms with Crippen molar-refractivity contribution >= 4 is 21.8 Å². The Bertz CT molecular complexity index is 959. The van der Waals surface area contributed by atoms with E-state index in [1.807, 2.05) is 6.92 Å². The molecular weight excluding hydrogens is 435 g/mol. The molecule has 2 aliphatic rings. The van der Waals surface area contributed by atoms with Crippen LogP contribution in [0.1, 0.15) is 63.5 Å². The fourth-order valence-electron chi connectivity index (χ4n) is 3.57. The molecule has 2 atom stereocenters. The lowest BCUT2D eigenvalue weighted by molar-refractivity contribution is -0.136. The molecule has 7 nitrogen and oxygen atoms in total. The average molecular weight is 467 g/mol. The maximum atomic E-state index is 14.0. The molecule has 32 heavy (non-hydrogen) atoms. The summed E-state index contributed by atoms with van der Waals surface area (Å²) in [6, 6.07) is 3.99. The third-order valence-corrected chi connectivity index (χ3v) is 7.17. The predicted molar refractivity (Wildman–Crippen MR) is 119 cm³/mol. The number of imide groups is 1. The highest BCUT2D eigenvalue weighted by Crippen LogP contribution is 2.31. The van der Waals surface area contributed by atoms with Crippen LogP contribution in [0.3, 0.4) is 0 Å². The molecule has 1 aliphatic carbocycles. The number of nitrogens with one attached hydrogen (secondary N) is 2. The fourth-order valence-corrected chi connectivity index (χ4v) is 4.87. The van der Waals surface area contributed by atoms with E-state index in [0.29, 0.717) is 50.2 Å². The lowest BCUT2D eigenvalue weighted by atomic mass is 9.95. The Hall–Kier alpha value is -2.26. The summed E-state index contributed by atoms with van der Waals surface area (Å²) >= 11 is 0. The van der Waals surface area contributed by atoms with E-state index in [1.54, 1.807) is 24.3 Å². The Labute approximate surface area is 188 Å². The van der Waals surface area contributed by atoms with Gasteiger partial charge < -0.3 is 4.74 Å². The summed E-state index contributed by atoms with van der Waals surface area (Å²) in [5.41, 5.74) is 0.664. The highest BCUT2D eigenvalue weighted by atomic mass is 32.2. The summed E-state index contributed by atoms with van der Waals surface area (Å²) in [6.45, 7) is 2.34. The lowest BCUT2D eigenvalue weighted by Crippen LogP contribution is -2.40. The van der Waals surface area contributed by atoms with Gasteiger partial charge in [-0.3, -0.25) is 14.9 Å². The number of rotatable bonds is 12. The number of amides is 2. The van der Waals surface area contributed by atoms with Gasteiger partial charge in [0.25, 0.3) is 0 Å². The smallest absolute Gasteiger partial charge is 0.229 e. The van der Waals surface area contributed by atoms with Crippen molar-refractivity contribution in [2.24, 2.45) is 11.8 Å². The second-order valence-electron chi connectivity index (χ2n) is 8.49. The maximum absolute atomic E-state index is 14.0. The molecule has 0 spiro atoms. The van der Waals surface area contributed by atoms with E-state index in [0.717, 1.165) is 12.8 Å². The molecule has 2 amide bonds. The number of carbonyl (C=O) groups is 2. The molecule has 1 aromatic rings. The van der Waals surface area contributed by atoms with Crippen molar-refractivity contribution in [3.05, 3.63) is 41.7 Å². The zero-order valence-electron chi connectivity index (χ0n) is 18.3. The maximum Gasteiger partial charge on any atom is 0.229 e. The summed E-state index contributed by atoms with van der Waals surface area (Å²) in [5.74, 6) is -0.677. The molecule has 0 radical (unpaired) electrons. The van der Waals surface area contributed by atoms with Gasteiger partial charge in [-0.25, -0.2) is 17.5 Å². The van der Waals surface area contributed by atoms with Crippen LogP contribution in [0.2, 0.25) is 0 Å². The molecule has 0 bridgehead atoms. The number of hydrogen-bond acceptors (Lipinski definition) is 5. The minimum Gasteiger partial charge on any atom is -0.490 e. The van der Waals surface area contributed by atoms with Crippen LogP contribution < -0.4 is 14.8 Å². The molecule has 1 heterocycles. The van der Waals surface area contributed by atoms with Gasteiger partial charge in [-0.05, 0) is 62.1 Å². The number of allylic oxidation sites excluding steroid dienone is 2. The van der Waals surface area contributed by atoms with Crippen LogP contribution in [0.25, 0.3) is 0 Å². The van der Waals surface area contributed by atoms with Crippen molar-refractivity contribution < 1.29 is 27.1 Å². The molecule has 176 valence electrons. The standard InChI is InChI=1S/C23H31FN2O5S/c1-2-20(18-9-11-19(24)21(14-18)31-15-16-7-8-16)26-32(29,30)13-5-3-4-6-17-10-12-22(27)25-23(17)28/h3-4,9,11,14,16-17,20,26H,2,5-8,10,12-13,15H2,1H3,(H,25,27,28)/b4-3+. The number of piperidine rings is 1. The van der Waals surface area contributed by atoms with Gasteiger partial charge in [0.05, 0.1) is 12.4 Å². The van der Waals surface area contributed by atoms with Gasteiger partial charge >= 0.3 is 0 Å². The van der Waals surface area contributed by atoms with Crippen LogP contribution >= 0.6 is 0 Å². The van der Waals surface area contributed by atoms with Crippen molar-refractivity contribution in [1.29, 1.82) is 0 Å². The average Bonchev–Trinajstić information content (AvgIpc) is 3.57. The minimum absolute atomic E-state index is 0.0957. The minimum atomic E-state index is -3.56. The molecule has 1 aromatic carbocycles. The molecule has 1 saturated carbocycles. The Kier molecular flexibility index (Phi) is 8.42. The van der Waals surface area contributed by atoms with Crippen LogP contribution in [0.15, 0.2) is 30.4 Å². The van der Waals surface area contributed by atoms with Gasteiger partial charge in [0.1, 0.15) is 0 Å². The van der Waals surface area contributed by atoms with Crippen LogP contribution in [-0.4, -0.2) is 32.6 Å². The Morgan fingerprint density at radius 1 is 1.25 bits per heavy atom. The molecule has 1 saturated heterocycles. The Morgan fingerprint density at radius 3 is 2.72 bits per heavy atom. The summed E-state index contributed by atoms with van der Waals surface area (Å²) in [7, 11) is -3.56. The second kappa shape index (κ2) is 11.0. The highest BCUT2D eigenvalue weighted by molar-refractivity contribution is 7.89. The van der Waals surface area contributed by atoms with E-state index in [2.05, 4.69) is 10.0 Å². The van der Waals surface area contributed by atoms with E-state index < -0.39 is 21.9 Å². The summed E-state index contributed by atoms with van der Waals surface area (Å²) in [6.07, 6.45) is 7.86. The summed E-state index contributed by atoms with van der Waals surface area (Å²) in [4.78, 5) is 22.9. The monoisotopic (exact) mass is 466 g/mol. The van der Waals surface area contributed by atoms with Crippen LogP contribution in [0.5, 0.6) is 5.75 Å². The molecule has 3 rings (SSSR count). The van der Waals surface area contributed by atoms with Crippen LogP contribution in [0.4, 0.5) is 4.39 Å². The molecule has 1 aliphatic heterocycles. The third kappa shape index (κ3) is 7.41. The van der Waals surface area contributed by atoms with Gasteiger partial charge in [-0.2, -0.15) is 0 Å². The Morgan fingerprint density at radius 2 is 2.03 bits per heavy atom. The fraction of sp³-hybridized carbons (Fsp3) is 0.565. The van der Waals surface area contributed by atoms with Gasteiger partial charge in [0, 0.05) is 18.4 Å². The van der Waals surface area contributed by atoms with E-state index in [1.165, 1.54) is 6.07 Å². The SMILES string of the molecule is CCC(NS(=O)(=O)CC/C=C/CC1CCC(=O)NC1=O)c1ccc(F)c(OCC2CC2)c1. The van der Waals surface area contributed by atoms with Crippen molar-refractivity contribution in [1.82, 2.24) is 10.0 Å². The summed E-state index contributed by atoms with van der Waals surface area (Å²) < 4.78 is 47.4. The van der Waals surface area contributed by atoms with E-state index in [4.69, 9.17) is 4.74 Å². The van der Waals surface area contributed by atoms with Gasteiger partial charge in [0.15, 0.2) is 11.6 Å². The molecule has 2 fully saturated rings. The van der Waals surface area contributed by atoms with Crippen molar-refractivity contribution in [3.8, 4) is 5.75 Å². The number of hydrogen-bond donors (Lipinski definition) is 2. The highest BCUT2D eigenvalue weighted by Gasteiger charge is 2.25. The van der Waals surface area contributed by atoms with Crippen molar-refractivity contribution in [3.63, 3.8) is 0 Å². The zero-order valence-corrected chi connectivity index (χ0v) is 19.1. The number of halogens is 1. The van der Waals surface area contributed by atoms with Crippen molar-refractivity contribution in [2.45, 2.75) is 57.9 Å². The normalized spacial score (nSPS) is 20.4. The first kappa shape index (κ1) is 24.4. The first-order valence-electron chi connectivity index (χ1n) is 11.2. The lowest BCUT2D eigenvalue weighted by Gasteiger charge is -2.19. The van der Waals surface area contributed by atoms with Crippen LogP contribution in [-0.2, 0) is 19.6 Å². The first-order valence-corrected chi connectivity index (χ1v) is 12.8. The van der Waals surface area contributed by atoms with E-state index in [9.17, 15) is 22.4 Å². The largest absolute Gasteiger partial charge is 0.490 e. The molecule has 9 heteroatoms. The number of ether oxygens (including phenoxy) is 1. The molecule has 2 N–H and O–H groups in total. The number of sulfonamides is 1. The van der Waals surface area contributed by atoms with Gasteiger partial charge in [0.2, 0.25) is 21.8 Å². The Balaban J connectivity index is 1.50. The van der Waals surface area contributed by atoms with E-state index in [-0.39, 0.29) is 29.2 Å². The topological polar surface area (TPSA) is 102 Å². The number of benzene rings is 1. The number of carbonyl (C=O) groups excluding carboxylic acids is 2. The molecule has 2 unspecified atom stereocenters. The van der Waals surface area contributed by atoms with Gasteiger partial charge in [-0.15, -0.1) is 0 Å². The van der Waals surface area contributed by atoms with E-state index >= 15 is 0 Å². The zero-order chi connectivity index (χ0) is 23.1.